The molecular weight excluding hydrogens is 186 g/mol. The summed E-state index contributed by atoms with van der Waals surface area (Å²) in [6, 6.07) is 1.85. The molecule has 1 rings (SSSR count). The van der Waals surface area contributed by atoms with Gasteiger partial charge in [-0.05, 0) is 25.5 Å². The third-order valence-corrected chi connectivity index (χ3v) is 2.85. The molecule has 0 aliphatic heterocycles. The van der Waals surface area contributed by atoms with Gasteiger partial charge in [0.2, 0.25) is 0 Å². The van der Waals surface area contributed by atoms with Gasteiger partial charge in [-0.1, -0.05) is 0 Å². The minimum absolute atomic E-state index is 0.272. The van der Waals surface area contributed by atoms with Gasteiger partial charge in [0, 0.05) is 11.4 Å². The second kappa shape index (κ2) is 4.39. The highest BCUT2D eigenvalue weighted by Crippen LogP contribution is 2.21. The zero-order valence-corrected chi connectivity index (χ0v) is 8.61. The first-order valence-corrected chi connectivity index (χ1v) is 4.91. The van der Waals surface area contributed by atoms with E-state index in [1.807, 2.05) is 19.9 Å². The van der Waals surface area contributed by atoms with Crippen molar-refractivity contribution in [3.63, 3.8) is 0 Å². The number of esters is 1. The quantitative estimate of drug-likeness (QED) is 0.750. The van der Waals surface area contributed by atoms with E-state index in [2.05, 4.69) is 0 Å². The Morgan fingerprint density at radius 1 is 1.62 bits per heavy atom. The van der Waals surface area contributed by atoms with Gasteiger partial charge in [0.1, 0.15) is 11.5 Å². The van der Waals surface area contributed by atoms with Crippen molar-refractivity contribution in [1.29, 1.82) is 0 Å². The molecule has 1 aromatic rings. The molecule has 0 amide bonds. The summed E-state index contributed by atoms with van der Waals surface area (Å²) in [7, 11) is 0. The van der Waals surface area contributed by atoms with Gasteiger partial charge in [-0.2, -0.15) is 0 Å². The van der Waals surface area contributed by atoms with Gasteiger partial charge in [-0.25, -0.2) is 4.79 Å². The fourth-order valence-corrected chi connectivity index (χ4v) is 1.82. The molecular formula is C9H13NO2S. The lowest BCUT2D eigenvalue weighted by molar-refractivity contribution is 0.0522. The molecule has 13 heavy (non-hydrogen) atoms. The zero-order chi connectivity index (χ0) is 9.84. The maximum atomic E-state index is 11.3. The topological polar surface area (TPSA) is 52.3 Å². The molecule has 0 unspecified atom stereocenters. The van der Waals surface area contributed by atoms with Crippen molar-refractivity contribution in [2.45, 2.75) is 13.8 Å². The van der Waals surface area contributed by atoms with Crippen molar-refractivity contribution in [3.05, 3.63) is 21.4 Å². The lowest BCUT2D eigenvalue weighted by Gasteiger charge is -1.98. The van der Waals surface area contributed by atoms with Gasteiger partial charge in [0.05, 0.1) is 0 Å². The first-order valence-electron chi connectivity index (χ1n) is 4.09. The number of rotatable bonds is 3. The molecule has 0 atom stereocenters. The second-order valence-corrected chi connectivity index (χ2v) is 4.03. The van der Waals surface area contributed by atoms with Gasteiger partial charge < -0.3 is 10.5 Å². The van der Waals surface area contributed by atoms with E-state index >= 15 is 0 Å². The third kappa shape index (κ3) is 2.54. The van der Waals surface area contributed by atoms with Crippen LogP contribution in [0, 0.1) is 13.8 Å². The van der Waals surface area contributed by atoms with Crippen molar-refractivity contribution in [1.82, 2.24) is 0 Å². The number of carbonyl (C=O) groups excluding carboxylic acids is 1. The predicted octanol–water partition coefficient (Wildman–Crippen LogP) is 1.48. The number of carbonyl (C=O) groups is 1. The summed E-state index contributed by atoms with van der Waals surface area (Å²) >= 11 is 1.46. The molecule has 0 fully saturated rings. The Kier molecular flexibility index (Phi) is 3.45. The molecule has 1 heterocycles. The number of hydrogen-bond donors (Lipinski definition) is 1. The summed E-state index contributed by atoms with van der Waals surface area (Å²) in [5.74, 6) is -0.272. The maximum absolute atomic E-state index is 11.3. The second-order valence-electron chi connectivity index (χ2n) is 2.77. The Hall–Kier alpha value is -0.870. The SMILES string of the molecule is Cc1cc(C(=O)OCCN)sc1C. The summed E-state index contributed by atoms with van der Waals surface area (Å²) < 4.78 is 4.89. The van der Waals surface area contributed by atoms with E-state index in [1.54, 1.807) is 0 Å². The monoisotopic (exact) mass is 199 g/mol. The summed E-state index contributed by atoms with van der Waals surface area (Å²) in [5, 5.41) is 0. The normalized spacial score (nSPS) is 10.1. The number of aryl methyl sites for hydroxylation is 2. The van der Waals surface area contributed by atoms with E-state index in [9.17, 15) is 4.79 Å². The molecule has 3 nitrogen and oxygen atoms in total. The third-order valence-electron chi connectivity index (χ3n) is 1.72. The van der Waals surface area contributed by atoms with Crippen LogP contribution in [0.3, 0.4) is 0 Å². The molecule has 0 aliphatic rings. The minimum atomic E-state index is -0.272. The molecule has 0 saturated heterocycles. The molecule has 72 valence electrons. The smallest absolute Gasteiger partial charge is 0.348 e. The zero-order valence-electron chi connectivity index (χ0n) is 7.79. The summed E-state index contributed by atoms with van der Waals surface area (Å²) in [5.41, 5.74) is 6.35. The molecule has 0 aromatic carbocycles. The molecule has 0 aliphatic carbocycles. The summed E-state index contributed by atoms with van der Waals surface area (Å²) in [6.07, 6.45) is 0. The number of hydrogen-bond acceptors (Lipinski definition) is 4. The van der Waals surface area contributed by atoms with Crippen molar-refractivity contribution in [3.8, 4) is 0 Å². The highest BCUT2D eigenvalue weighted by Gasteiger charge is 2.10. The van der Waals surface area contributed by atoms with Crippen LogP contribution >= 0.6 is 11.3 Å². The van der Waals surface area contributed by atoms with E-state index in [1.165, 1.54) is 11.3 Å². The van der Waals surface area contributed by atoms with Crippen molar-refractivity contribution >= 4 is 17.3 Å². The Labute approximate surface area is 81.5 Å². The van der Waals surface area contributed by atoms with Crippen LogP contribution in [0.2, 0.25) is 0 Å². The predicted molar refractivity (Wildman–Crippen MR) is 53.1 cm³/mol. The van der Waals surface area contributed by atoms with Crippen LogP contribution in [0.1, 0.15) is 20.1 Å². The van der Waals surface area contributed by atoms with Gasteiger partial charge >= 0.3 is 5.97 Å². The van der Waals surface area contributed by atoms with Crippen molar-refractivity contribution < 1.29 is 9.53 Å². The highest BCUT2D eigenvalue weighted by atomic mass is 32.1. The van der Waals surface area contributed by atoms with E-state index in [0.717, 1.165) is 10.4 Å². The lowest BCUT2D eigenvalue weighted by atomic mass is 10.3. The average Bonchev–Trinajstić information content (AvgIpc) is 2.43. The number of thiophene rings is 1. The maximum Gasteiger partial charge on any atom is 0.348 e. The molecule has 0 spiro atoms. The van der Waals surface area contributed by atoms with Crippen molar-refractivity contribution in [2.75, 3.05) is 13.2 Å². The van der Waals surface area contributed by atoms with E-state index in [-0.39, 0.29) is 12.6 Å². The molecule has 0 radical (unpaired) electrons. The number of ether oxygens (including phenoxy) is 1. The molecule has 1 aromatic heterocycles. The standard InChI is InChI=1S/C9H13NO2S/c1-6-5-8(13-7(6)2)9(11)12-4-3-10/h5H,3-4,10H2,1-2H3. The van der Waals surface area contributed by atoms with E-state index in [4.69, 9.17) is 10.5 Å². The van der Waals surface area contributed by atoms with Gasteiger partial charge in [-0.15, -0.1) is 11.3 Å². The Balaban J connectivity index is 2.66. The highest BCUT2D eigenvalue weighted by molar-refractivity contribution is 7.14. The van der Waals surface area contributed by atoms with Crippen LogP contribution in [0.5, 0.6) is 0 Å². The Bertz CT molecular complexity index is 287. The van der Waals surface area contributed by atoms with E-state index < -0.39 is 0 Å². The van der Waals surface area contributed by atoms with Crippen LogP contribution in [-0.2, 0) is 4.74 Å². The first-order chi connectivity index (χ1) is 6.15. The first kappa shape index (κ1) is 10.2. The fourth-order valence-electron chi connectivity index (χ4n) is 0.897. The lowest BCUT2D eigenvalue weighted by Crippen LogP contribution is -2.12. The largest absolute Gasteiger partial charge is 0.460 e. The Morgan fingerprint density at radius 2 is 2.31 bits per heavy atom. The summed E-state index contributed by atoms with van der Waals surface area (Å²) in [6.45, 7) is 4.62. The van der Waals surface area contributed by atoms with Crippen LogP contribution in [-0.4, -0.2) is 19.1 Å². The van der Waals surface area contributed by atoms with Gasteiger partial charge in [0.15, 0.2) is 0 Å². The van der Waals surface area contributed by atoms with Crippen LogP contribution < -0.4 is 5.73 Å². The number of nitrogens with two attached hydrogens (primary N) is 1. The van der Waals surface area contributed by atoms with Crippen molar-refractivity contribution in [2.24, 2.45) is 5.73 Å². The Morgan fingerprint density at radius 3 is 2.77 bits per heavy atom. The van der Waals surface area contributed by atoms with Gasteiger partial charge in [0.25, 0.3) is 0 Å². The van der Waals surface area contributed by atoms with Crippen LogP contribution in [0.4, 0.5) is 0 Å². The van der Waals surface area contributed by atoms with Gasteiger partial charge in [-0.3, -0.25) is 0 Å². The van der Waals surface area contributed by atoms with E-state index in [0.29, 0.717) is 11.4 Å². The minimum Gasteiger partial charge on any atom is -0.460 e. The van der Waals surface area contributed by atoms with Crippen LogP contribution in [0.15, 0.2) is 6.07 Å². The molecule has 2 N–H and O–H groups in total. The molecule has 0 bridgehead atoms. The molecule has 4 heteroatoms. The van der Waals surface area contributed by atoms with Crippen LogP contribution in [0.25, 0.3) is 0 Å². The molecule has 0 saturated carbocycles. The average molecular weight is 199 g/mol. The fraction of sp³-hybridized carbons (Fsp3) is 0.444. The summed E-state index contributed by atoms with van der Waals surface area (Å²) in [4.78, 5) is 13.1.